The van der Waals surface area contributed by atoms with E-state index in [9.17, 15) is 9.18 Å². The van der Waals surface area contributed by atoms with Crippen molar-refractivity contribution in [2.24, 2.45) is 0 Å². The molecule has 0 amide bonds. The Kier molecular flexibility index (Phi) is 5.20. The van der Waals surface area contributed by atoms with Gasteiger partial charge in [-0.2, -0.15) is 0 Å². The lowest BCUT2D eigenvalue weighted by atomic mass is 10.1. The van der Waals surface area contributed by atoms with Crippen molar-refractivity contribution in [1.82, 2.24) is 0 Å². The summed E-state index contributed by atoms with van der Waals surface area (Å²) in [6.07, 6.45) is 0.737. The van der Waals surface area contributed by atoms with E-state index in [0.29, 0.717) is 27.1 Å². The zero-order valence-electron chi connectivity index (χ0n) is 11.0. The highest BCUT2D eigenvalue weighted by Crippen LogP contribution is 2.31. The number of benzene rings is 2. The molecule has 0 aromatic heterocycles. The Morgan fingerprint density at radius 2 is 2.05 bits per heavy atom. The molecule has 0 atom stereocenters. The largest absolute Gasteiger partial charge is 0.496 e. The fourth-order valence-electron chi connectivity index (χ4n) is 1.76. The van der Waals surface area contributed by atoms with Gasteiger partial charge in [-0.05, 0) is 40.2 Å². The monoisotopic (exact) mass is 372 g/mol. The van der Waals surface area contributed by atoms with Gasteiger partial charge in [0.05, 0.1) is 16.6 Å². The average molecular weight is 374 g/mol. The van der Waals surface area contributed by atoms with Crippen LogP contribution < -0.4 is 9.47 Å². The van der Waals surface area contributed by atoms with Crippen LogP contribution in [0.25, 0.3) is 0 Å². The first-order valence-corrected chi connectivity index (χ1v) is 7.11. The molecule has 0 aliphatic carbocycles. The fourth-order valence-corrected chi connectivity index (χ4v) is 2.51. The maximum Gasteiger partial charge on any atom is 0.150 e. The minimum atomic E-state index is -0.566. The van der Waals surface area contributed by atoms with E-state index >= 15 is 0 Å². The normalized spacial score (nSPS) is 10.3. The Balaban J connectivity index is 2.23. The third kappa shape index (κ3) is 3.74. The predicted octanol–water partition coefficient (Wildman–Crippen LogP) is 4.64. The van der Waals surface area contributed by atoms with Gasteiger partial charge >= 0.3 is 0 Å². The number of carbonyl (C=O) groups excluding carboxylic acids is 1. The average Bonchev–Trinajstić information content (AvgIpc) is 2.49. The summed E-state index contributed by atoms with van der Waals surface area (Å²) in [6.45, 7) is 0.129. The molecule has 0 aliphatic heterocycles. The molecule has 0 fully saturated rings. The number of halogens is 3. The van der Waals surface area contributed by atoms with Crippen molar-refractivity contribution in [2.45, 2.75) is 6.61 Å². The molecule has 2 aromatic rings. The Labute approximate surface area is 134 Å². The molecule has 110 valence electrons. The highest BCUT2D eigenvalue weighted by atomic mass is 79.9. The van der Waals surface area contributed by atoms with Crippen LogP contribution in [-0.2, 0) is 6.61 Å². The quantitative estimate of drug-likeness (QED) is 0.566. The zero-order chi connectivity index (χ0) is 15.4. The van der Waals surface area contributed by atoms with Crippen LogP contribution in [0.1, 0.15) is 15.9 Å². The van der Waals surface area contributed by atoms with Crippen molar-refractivity contribution in [3.8, 4) is 11.5 Å². The maximum absolute atomic E-state index is 13.4. The number of ether oxygens (including phenoxy) is 2. The van der Waals surface area contributed by atoms with E-state index in [1.807, 2.05) is 0 Å². The minimum absolute atomic E-state index is 0.00904. The Morgan fingerprint density at radius 3 is 2.71 bits per heavy atom. The van der Waals surface area contributed by atoms with Gasteiger partial charge < -0.3 is 9.47 Å². The third-order valence-electron chi connectivity index (χ3n) is 2.80. The first-order valence-electron chi connectivity index (χ1n) is 5.94. The van der Waals surface area contributed by atoms with Crippen molar-refractivity contribution in [1.29, 1.82) is 0 Å². The van der Waals surface area contributed by atoms with Crippen LogP contribution in [0.2, 0.25) is 5.02 Å². The third-order valence-corrected chi connectivity index (χ3v) is 3.71. The summed E-state index contributed by atoms with van der Waals surface area (Å²) in [4.78, 5) is 10.8. The molecule has 2 aromatic carbocycles. The number of carbonyl (C=O) groups is 1. The van der Waals surface area contributed by atoms with Crippen molar-refractivity contribution < 1.29 is 18.7 Å². The van der Waals surface area contributed by atoms with Gasteiger partial charge in [-0.3, -0.25) is 4.79 Å². The molecule has 0 unspecified atom stereocenters. The Bertz CT molecular complexity index is 676. The molecule has 3 nitrogen and oxygen atoms in total. The van der Waals surface area contributed by atoms with E-state index in [1.54, 1.807) is 18.2 Å². The van der Waals surface area contributed by atoms with E-state index in [0.717, 1.165) is 6.29 Å². The summed E-state index contributed by atoms with van der Waals surface area (Å²) in [6, 6.07) is 7.60. The SMILES string of the molecule is COc1ccc(C=O)cc1COc1cc(F)c(Cl)cc1Br. The van der Waals surface area contributed by atoms with Crippen LogP contribution in [0.5, 0.6) is 11.5 Å². The van der Waals surface area contributed by atoms with Gasteiger partial charge in [0.25, 0.3) is 0 Å². The summed E-state index contributed by atoms with van der Waals surface area (Å²) >= 11 is 8.93. The molecule has 0 bridgehead atoms. The van der Waals surface area contributed by atoms with Gasteiger partial charge in [0.15, 0.2) is 0 Å². The topological polar surface area (TPSA) is 35.5 Å². The van der Waals surface area contributed by atoms with Crippen molar-refractivity contribution >= 4 is 33.8 Å². The van der Waals surface area contributed by atoms with Crippen molar-refractivity contribution in [3.05, 3.63) is 56.8 Å². The number of methoxy groups -OCH3 is 1. The van der Waals surface area contributed by atoms with Crippen LogP contribution in [0.15, 0.2) is 34.8 Å². The highest BCUT2D eigenvalue weighted by molar-refractivity contribution is 9.10. The highest BCUT2D eigenvalue weighted by Gasteiger charge is 2.10. The first kappa shape index (κ1) is 15.8. The van der Waals surface area contributed by atoms with E-state index in [-0.39, 0.29) is 11.6 Å². The molecular formula is C15H11BrClFO3. The standard InChI is InChI=1S/C15H11BrClFO3/c1-20-14-3-2-9(7-19)4-10(14)8-21-15-6-13(18)12(17)5-11(15)16/h2-7H,8H2,1H3. The van der Waals surface area contributed by atoms with Gasteiger partial charge in [-0.1, -0.05) is 11.6 Å². The molecule has 2 rings (SSSR count). The second-order valence-corrected chi connectivity index (χ2v) is 5.44. The number of hydrogen-bond acceptors (Lipinski definition) is 3. The van der Waals surface area contributed by atoms with Crippen LogP contribution in [0.4, 0.5) is 4.39 Å². The molecule has 0 saturated carbocycles. The first-order chi connectivity index (χ1) is 10.0. The summed E-state index contributed by atoms with van der Waals surface area (Å²) in [5, 5.41) is 0.00904. The van der Waals surface area contributed by atoms with E-state index in [1.165, 1.54) is 19.2 Å². The van der Waals surface area contributed by atoms with Gasteiger partial charge in [0.1, 0.15) is 30.2 Å². The number of hydrogen-bond donors (Lipinski definition) is 0. The van der Waals surface area contributed by atoms with Gasteiger partial charge in [0.2, 0.25) is 0 Å². The van der Waals surface area contributed by atoms with Crippen molar-refractivity contribution in [3.63, 3.8) is 0 Å². The van der Waals surface area contributed by atoms with Gasteiger partial charge in [-0.25, -0.2) is 4.39 Å². The van der Waals surface area contributed by atoms with E-state index < -0.39 is 5.82 Å². The second-order valence-electron chi connectivity index (χ2n) is 4.17. The molecule has 0 spiro atoms. The Morgan fingerprint density at radius 1 is 1.29 bits per heavy atom. The number of rotatable bonds is 5. The summed E-state index contributed by atoms with van der Waals surface area (Å²) in [5.41, 5.74) is 1.19. The molecule has 0 saturated heterocycles. The van der Waals surface area contributed by atoms with Crippen LogP contribution >= 0.6 is 27.5 Å². The van der Waals surface area contributed by atoms with Crippen LogP contribution in [0, 0.1) is 5.82 Å². The van der Waals surface area contributed by atoms with Crippen LogP contribution in [0.3, 0.4) is 0 Å². The molecule has 21 heavy (non-hydrogen) atoms. The predicted molar refractivity (Wildman–Crippen MR) is 81.8 cm³/mol. The van der Waals surface area contributed by atoms with Crippen LogP contribution in [-0.4, -0.2) is 13.4 Å². The molecular weight excluding hydrogens is 363 g/mol. The fraction of sp³-hybridized carbons (Fsp3) is 0.133. The summed E-state index contributed by atoms with van der Waals surface area (Å²) in [5.74, 6) is 0.338. The molecule has 0 radical (unpaired) electrons. The van der Waals surface area contributed by atoms with E-state index in [2.05, 4.69) is 15.9 Å². The summed E-state index contributed by atoms with van der Waals surface area (Å²) in [7, 11) is 1.53. The minimum Gasteiger partial charge on any atom is -0.496 e. The number of aldehydes is 1. The lowest BCUT2D eigenvalue weighted by Crippen LogP contribution is -2.01. The van der Waals surface area contributed by atoms with Gasteiger partial charge in [-0.15, -0.1) is 0 Å². The lowest BCUT2D eigenvalue weighted by Gasteiger charge is -2.12. The summed E-state index contributed by atoms with van der Waals surface area (Å²) < 4.78 is 24.7. The molecule has 0 N–H and O–H groups in total. The maximum atomic E-state index is 13.4. The molecule has 0 heterocycles. The van der Waals surface area contributed by atoms with Crippen molar-refractivity contribution in [2.75, 3.05) is 7.11 Å². The van der Waals surface area contributed by atoms with Gasteiger partial charge in [0, 0.05) is 17.2 Å². The smallest absolute Gasteiger partial charge is 0.150 e. The zero-order valence-corrected chi connectivity index (χ0v) is 13.4. The van der Waals surface area contributed by atoms with E-state index in [4.69, 9.17) is 21.1 Å². The second kappa shape index (κ2) is 6.91. The lowest BCUT2D eigenvalue weighted by molar-refractivity contribution is 0.112. The molecule has 0 aliphatic rings. The molecule has 6 heteroatoms. The Hall–Kier alpha value is -1.59.